The van der Waals surface area contributed by atoms with Crippen molar-refractivity contribution in [1.82, 2.24) is 4.90 Å². The molecule has 0 bridgehead atoms. The topological polar surface area (TPSA) is 66.8 Å². The van der Waals surface area contributed by atoms with Crippen LogP contribution in [0.5, 0.6) is 5.75 Å². The van der Waals surface area contributed by atoms with Crippen molar-refractivity contribution in [2.45, 2.75) is 38.8 Å². The number of nitrogens with zero attached hydrogens (tertiary/aromatic N) is 1. The molecule has 1 heterocycles. The Balaban J connectivity index is 1.54. The van der Waals surface area contributed by atoms with E-state index in [1.165, 1.54) is 4.90 Å². The fourth-order valence-electron chi connectivity index (χ4n) is 4.30. The molecule has 176 valence electrons. The Morgan fingerprint density at radius 1 is 1.09 bits per heavy atom. The highest BCUT2D eigenvalue weighted by molar-refractivity contribution is 6.42. The number of aliphatic carboxylic acids is 1. The Morgan fingerprint density at radius 2 is 1.82 bits per heavy atom. The van der Waals surface area contributed by atoms with Crippen LogP contribution >= 0.6 is 23.2 Å². The molecular weight excluding hydrogens is 473 g/mol. The van der Waals surface area contributed by atoms with E-state index >= 15 is 0 Å². The second-order valence-corrected chi connectivity index (χ2v) is 9.77. The summed E-state index contributed by atoms with van der Waals surface area (Å²) in [6, 6.07) is 18.5. The van der Waals surface area contributed by atoms with Gasteiger partial charge in [0.25, 0.3) is 5.91 Å². The van der Waals surface area contributed by atoms with Gasteiger partial charge in [0, 0.05) is 24.9 Å². The third kappa shape index (κ3) is 5.37. The second-order valence-electron chi connectivity index (χ2n) is 8.98. The van der Waals surface area contributed by atoms with E-state index in [2.05, 4.69) is 0 Å². The fourth-order valence-corrected chi connectivity index (χ4v) is 4.69. The number of benzene rings is 3. The maximum Gasteiger partial charge on any atom is 0.323 e. The van der Waals surface area contributed by atoms with Gasteiger partial charge in [-0.15, -0.1) is 0 Å². The number of hydrogen-bond acceptors (Lipinski definition) is 3. The SMILES string of the molecule is Cc1ccc(CN(CC(=O)O)C(=O)c2ccc3c(c2)C[C@@](C)(Cc2cccc(Cl)c2Cl)O3)cc1. The molecule has 3 aromatic rings. The van der Waals surface area contributed by atoms with E-state index in [0.29, 0.717) is 34.2 Å². The average molecular weight is 498 g/mol. The van der Waals surface area contributed by atoms with Crippen molar-refractivity contribution in [3.63, 3.8) is 0 Å². The highest BCUT2D eigenvalue weighted by Gasteiger charge is 2.36. The molecule has 3 aromatic carbocycles. The first kappa shape index (κ1) is 24.1. The zero-order chi connectivity index (χ0) is 24.5. The van der Waals surface area contributed by atoms with E-state index in [1.807, 2.05) is 50.2 Å². The van der Waals surface area contributed by atoms with Gasteiger partial charge in [0.15, 0.2) is 0 Å². The molecule has 0 aromatic heterocycles. The molecule has 0 fully saturated rings. The fraction of sp³-hybridized carbons (Fsp3) is 0.259. The van der Waals surface area contributed by atoms with Crippen molar-refractivity contribution in [2.24, 2.45) is 0 Å². The summed E-state index contributed by atoms with van der Waals surface area (Å²) in [7, 11) is 0. The van der Waals surface area contributed by atoms with E-state index in [9.17, 15) is 14.7 Å². The Kier molecular flexibility index (Phi) is 6.87. The van der Waals surface area contributed by atoms with Crippen LogP contribution < -0.4 is 4.74 Å². The maximum absolute atomic E-state index is 13.3. The molecule has 1 amide bonds. The summed E-state index contributed by atoms with van der Waals surface area (Å²) in [5.41, 5.74) is 3.65. The summed E-state index contributed by atoms with van der Waals surface area (Å²) in [6.45, 7) is 3.81. The van der Waals surface area contributed by atoms with Crippen molar-refractivity contribution in [1.29, 1.82) is 0 Å². The van der Waals surface area contributed by atoms with Crippen LogP contribution in [0.3, 0.4) is 0 Å². The third-order valence-corrected chi connectivity index (χ3v) is 6.79. The predicted octanol–water partition coefficient (Wildman–Crippen LogP) is 5.97. The highest BCUT2D eigenvalue weighted by Crippen LogP contribution is 2.39. The molecule has 4 rings (SSSR count). The lowest BCUT2D eigenvalue weighted by molar-refractivity contribution is -0.137. The monoisotopic (exact) mass is 497 g/mol. The van der Waals surface area contributed by atoms with Crippen LogP contribution in [-0.4, -0.2) is 34.0 Å². The van der Waals surface area contributed by atoms with Crippen molar-refractivity contribution < 1.29 is 19.4 Å². The lowest BCUT2D eigenvalue weighted by Crippen LogP contribution is -2.35. The van der Waals surface area contributed by atoms with E-state index in [4.69, 9.17) is 27.9 Å². The van der Waals surface area contributed by atoms with Gasteiger partial charge in [-0.1, -0.05) is 65.2 Å². The first-order valence-electron chi connectivity index (χ1n) is 10.9. The zero-order valence-corrected chi connectivity index (χ0v) is 20.5. The lowest BCUT2D eigenvalue weighted by Gasteiger charge is -2.24. The normalized spacial score (nSPS) is 16.6. The lowest BCUT2D eigenvalue weighted by atomic mass is 9.91. The number of fused-ring (bicyclic) bond motifs is 1. The van der Waals surface area contributed by atoms with Gasteiger partial charge in [0.2, 0.25) is 0 Å². The number of aryl methyl sites for hydroxylation is 1. The van der Waals surface area contributed by atoms with Crippen LogP contribution in [0.25, 0.3) is 0 Å². The molecule has 0 saturated heterocycles. The van der Waals surface area contributed by atoms with Crippen LogP contribution in [0, 0.1) is 6.92 Å². The van der Waals surface area contributed by atoms with Crippen molar-refractivity contribution >= 4 is 35.1 Å². The molecule has 0 unspecified atom stereocenters. The minimum Gasteiger partial charge on any atom is -0.487 e. The molecule has 0 spiro atoms. The number of amides is 1. The van der Waals surface area contributed by atoms with Gasteiger partial charge >= 0.3 is 5.97 Å². The number of carboxylic acids is 1. The number of halogens is 2. The number of hydrogen-bond donors (Lipinski definition) is 1. The van der Waals surface area contributed by atoms with Crippen LogP contribution in [-0.2, 0) is 24.2 Å². The third-order valence-electron chi connectivity index (χ3n) is 5.93. The number of carboxylic acid groups (broad SMARTS) is 1. The molecule has 34 heavy (non-hydrogen) atoms. The highest BCUT2D eigenvalue weighted by atomic mass is 35.5. The first-order valence-corrected chi connectivity index (χ1v) is 11.7. The van der Waals surface area contributed by atoms with E-state index in [0.717, 1.165) is 22.3 Å². The van der Waals surface area contributed by atoms with Gasteiger partial charge in [0.05, 0.1) is 10.0 Å². The summed E-state index contributed by atoms with van der Waals surface area (Å²) < 4.78 is 6.24. The minimum absolute atomic E-state index is 0.212. The van der Waals surface area contributed by atoms with Crippen LogP contribution in [0.1, 0.15) is 39.5 Å². The molecule has 0 radical (unpaired) electrons. The second kappa shape index (κ2) is 9.69. The van der Waals surface area contributed by atoms with E-state index in [1.54, 1.807) is 24.3 Å². The quantitative estimate of drug-likeness (QED) is 0.436. The number of rotatable bonds is 7. The van der Waals surface area contributed by atoms with Crippen LogP contribution in [0.15, 0.2) is 60.7 Å². The Morgan fingerprint density at radius 3 is 2.53 bits per heavy atom. The van der Waals surface area contributed by atoms with Crippen molar-refractivity contribution in [3.8, 4) is 5.75 Å². The van der Waals surface area contributed by atoms with Crippen LogP contribution in [0.2, 0.25) is 10.0 Å². The standard InChI is InChI=1S/C27H25Cl2NO4/c1-17-6-8-18(9-7-17)15-30(16-24(31)32)26(33)19-10-11-23-21(12-19)14-27(2,34-23)13-20-4-3-5-22(28)25(20)29/h3-12H,13-16H2,1-2H3,(H,31,32)/t27-/m1/s1. The molecule has 1 N–H and O–H groups in total. The molecule has 1 atom stereocenters. The zero-order valence-electron chi connectivity index (χ0n) is 19.0. The molecule has 0 aliphatic carbocycles. The largest absolute Gasteiger partial charge is 0.487 e. The Bertz CT molecular complexity index is 1240. The summed E-state index contributed by atoms with van der Waals surface area (Å²) >= 11 is 12.5. The number of ether oxygens (including phenoxy) is 1. The van der Waals surface area contributed by atoms with E-state index in [-0.39, 0.29) is 19.0 Å². The molecule has 1 aliphatic heterocycles. The summed E-state index contributed by atoms with van der Waals surface area (Å²) in [4.78, 5) is 26.1. The minimum atomic E-state index is -1.06. The van der Waals surface area contributed by atoms with Crippen molar-refractivity contribution in [2.75, 3.05) is 6.54 Å². The number of carbonyl (C=O) groups excluding carboxylic acids is 1. The molecular formula is C27H25Cl2NO4. The van der Waals surface area contributed by atoms with E-state index < -0.39 is 11.6 Å². The predicted molar refractivity (Wildman–Crippen MR) is 133 cm³/mol. The molecule has 5 nitrogen and oxygen atoms in total. The van der Waals surface area contributed by atoms with Gasteiger partial charge < -0.3 is 14.7 Å². The van der Waals surface area contributed by atoms with Crippen LogP contribution in [0.4, 0.5) is 0 Å². The number of carbonyl (C=O) groups is 2. The van der Waals surface area contributed by atoms with Gasteiger partial charge in [-0.3, -0.25) is 9.59 Å². The summed E-state index contributed by atoms with van der Waals surface area (Å²) in [5, 5.41) is 10.4. The summed E-state index contributed by atoms with van der Waals surface area (Å²) in [5.74, 6) is -0.686. The smallest absolute Gasteiger partial charge is 0.323 e. The van der Waals surface area contributed by atoms with Gasteiger partial charge in [-0.05, 0) is 54.8 Å². The Hall–Kier alpha value is -3.02. The molecule has 7 heteroatoms. The summed E-state index contributed by atoms with van der Waals surface area (Å²) in [6.07, 6.45) is 1.14. The maximum atomic E-state index is 13.3. The van der Waals surface area contributed by atoms with Gasteiger partial charge in [0.1, 0.15) is 17.9 Å². The first-order chi connectivity index (χ1) is 16.1. The molecule has 1 aliphatic rings. The average Bonchev–Trinajstić information content (AvgIpc) is 3.12. The molecule has 0 saturated carbocycles. The Labute approximate surface area is 208 Å². The van der Waals surface area contributed by atoms with Gasteiger partial charge in [-0.2, -0.15) is 0 Å². The van der Waals surface area contributed by atoms with Crippen molar-refractivity contribution in [3.05, 3.63) is 98.5 Å². The van der Waals surface area contributed by atoms with Gasteiger partial charge in [-0.25, -0.2) is 0 Å².